The monoisotopic (exact) mass is 422 g/mol. The van der Waals surface area contributed by atoms with Gasteiger partial charge in [0.1, 0.15) is 12.4 Å². The highest BCUT2D eigenvalue weighted by atomic mass is 32.1. The van der Waals surface area contributed by atoms with Crippen molar-refractivity contribution >= 4 is 34.0 Å². The van der Waals surface area contributed by atoms with E-state index >= 15 is 0 Å². The van der Waals surface area contributed by atoms with Gasteiger partial charge in [0.05, 0.1) is 23.6 Å². The maximum atomic E-state index is 12.4. The lowest BCUT2D eigenvalue weighted by Gasteiger charge is -2.20. The fraction of sp³-hybridized carbons (Fsp3) is 0.261. The van der Waals surface area contributed by atoms with Gasteiger partial charge in [-0.2, -0.15) is 0 Å². The minimum Gasteiger partial charge on any atom is -0.493 e. The van der Waals surface area contributed by atoms with E-state index in [0.717, 1.165) is 34.5 Å². The van der Waals surface area contributed by atoms with Gasteiger partial charge in [-0.15, -0.1) is 11.3 Å². The summed E-state index contributed by atoms with van der Waals surface area (Å²) >= 11 is 1.34. The fourth-order valence-corrected chi connectivity index (χ4v) is 4.33. The minimum atomic E-state index is -0.406. The average Bonchev–Trinajstić information content (AvgIpc) is 3.36. The number of hydrogen-bond acceptors (Lipinski definition) is 6. The molecule has 7 heteroatoms. The summed E-state index contributed by atoms with van der Waals surface area (Å²) in [6.45, 7) is 6.18. The van der Waals surface area contributed by atoms with Crippen molar-refractivity contribution in [3.8, 4) is 5.75 Å². The molecule has 1 aromatic heterocycles. The summed E-state index contributed by atoms with van der Waals surface area (Å²) in [6, 6.07) is 11.2. The molecule has 1 amide bonds. The van der Waals surface area contributed by atoms with Crippen LogP contribution in [0.2, 0.25) is 0 Å². The van der Waals surface area contributed by atoms with Crippen LogP contribution in [0.15, 0.2) is 41.8 Å². The lowest BCUT2D eigenvalue weighted by Crippen LogP contribution is -2.23. The zero-order valence-corrected chi connectivity index (χ0v) is 17.9. The smallest absolute Gasteiger partial charge is 0.338 e. The van der Waals surface area contributed by atoms with Crippen LogP contribution in [0.4, 0.5) is 10.8 Å². The van der Waals surface area contributed by atoms with Crippen molar-refractivity contribution < 1.29 is 19.1 Å². The molecule has 0 radical (unpaired) electrons. The van der Waals surface area contributed by atoms with Crippen LogP contribution in [0, 0.1) is 13.8 Å². The lowest BCUT2D eigenvalue weighted by atomic mass is 10.1. The molecule has 1 aliphatic heterocycles. The van der Waals surface area contributed by atoms with Gasteiger partial charge in [-0.25, -0.2) is 9.78 Å². The second-order valence-electron chi connectivity index (χ2n) is 7.26. The molecule has 6 nitrogen and oxygen atoms in total. The van der Waals surface area contributed by atoms with Crippen LogP contribution < -0.4 is 9.64 Å². The molecule has 0 bridgehead atoms. The predicted molar refractivity (Wildman–Crippen MR) is 116 cm³/mol. The van der Waals surface area contributed by atoms with Gasteiger partial charge in [-0.05, 0) is 49.2 Å². The molecule has 0 unspecified atom stereocenters. The average molecular weight is 423 g/mol. The molecule has 2 heterocycles. The number of ether oxygens (including phenoxy) is 2. The first-order chi connectivity index (χ1) is 14.4. The number of thiazole rings is 1. The van der Waals surface area contributed by atoms with Gasteiger partial charge in [-0.3, -0.25) is 9.69 Å². The van der Waals surface area contributed by atoms with Gasteiger partial charge < -0.3 is 9.47 Å². The number of rotatable bonds is 5. The summed E-state index contributed by atoms with van der Waals surface area (Å²) in [5, 5.41) is 2.36. The topological polar surface area (TPSA) is 68.7 Å². The van der Waals surface area contributed by atoms with Crippen molar-refractivity contribution in [2.75, 3.05) is 11.5 Å². The maximum absolute atomic E-state index is 12.4. The molecule has 0 aliphatic carbocycles. The Morgan fingerprint density at radius 2 is 2.03 bits per heavy atom. The maximum Gasteiger partial charge on any atom is 0.338 e. The number of aromatic nitrogens is 1. The van der Waals surface area contributed by atoms with E-state index in [0.29, 0.717) is 23.0 Å². The number of nitrogens with zero attached hydrogens (tertiary/aromatic N) is 2. The molecule has 0 fully saturated rings. The Labute approximate surface area is 179 Å². The Morgan fingerprint density at radius 3 is 2.80 bits per heavy atom. The van der Waals surface area contributed by atoms with Crippen molar-refractivity contribution in [3.63, 3.8) is 0 Å². The second kappa shape index (κ2) is 8.28. The number of esters is 1. The predicted octanol–water partition coefficient (Wildman–Crippen LogP) is 4.74. The molecule has 3 aromatic rings. The molecule has 0 saturated carbocycles. The van der Waals surface area contributed by atoms with Crippen LogP contribution in [0.3, 0.4) is 0 Å². The zero-order valence-electron chi connectivity index (χ0n) is 17.1. The van der Waals surface area contributed by atoms with Crippen LogP contribution in [0.5, 0.6) is 5.75 Å². The Morgan fingerprint density at radius 1 is 1.20 bits per heavy atom. The highest BCUT2D eigenvalue weighted by molar-refractivity contribution is 7.14. The van der Waals surface area contributed by atoms with Crippen molar-refractivity contribution in [2.24, 2.45) is 0 Å². The highest BCUT2D eigenvalue weighted by Gasteiger charge is 2.21. The molecule has 2 aromatic carbocycles. The number of anilines is 2. The number of hydrogen-bond donors (Lipinski definition) is 0. The summed E-state index contributed by atoms with van der Waals surface area (Å²) in [5.74, 6) is 0.295. The number of carbonyl (C=O) groups excluding carboxylic acids is 2. The molecule has 0 spiro atoms. The van der Waals surface area contributed by atoms with E-state index < -0.39 is 5.97 Å². The third-order valence-electron chi connectivity index (χ3n) is 4.92. The Kier molecular flexibility index (Phi) is 5.55. The third kappa shape index (κ3) is 4.07. The third-order valence-corrected chi connectivity index (χ3v) is 5.79. The summed E-state index contributed by atoms with van der Waals surface area (Å²) in [6.07, 6.45) is 0.797. The Hall–Kier alpha value is -3.19. The molecule has 4 rings (SSSR count). The number of aryl methyl sites for hydroxylation is 2. The molecule has 30 heavy (non-hydrogen) atoms. The first-order valence-corrected chi connectivity index (χ1v) is 10.6. The minimum absolute atomic E-state index is 0.0432. The summed E-state index contributed by atoms with van der Waals surface area (Å²) in [5.41, 5.74) is 5.04. The molecular weight excluding hydrogens is 400 g/mol. The largest absolute Gasteiger partial charge is 0.493 e. The second-order valence-corrected chi connectivity index (χ2v) is 8.10. The van der Waals surface area contributed by atoms with Gasteiger partial charge >= 0.3 is 5.97 Å². The molecule has 154 valence electrons. The molecule has 0 saturated heterocycles. The normalized spacial score (nSPS) is 12.2. The molecule has 1 aliphatic rings. The molecular formula is C23H22N2O4S. The van der Waals surface area contributed by atoms with Crippen LogP contribution in [-0.2, 0) is 22.6 Å². The zero-order chi connectivity index (χ0) is 21.3. The number of benzene rings is 2. The standard InChI is InChI=1S/C23H22N2O4S/c1-14-4-6-20(15(2)10-14)25(16(3)26)23-24-19(13-30-23)12-29-22(27)18-5-7-21-17(11-18)8-9-28-21/h4-7,10-11,13H,8-9,12H2,1-3H3. The van der Waals surface area contributed by atoms with Crippen LogP contribution in [0.25, 0.3) is 0 Å². The fourth-order valence-electron chi connectivity index (χ4n) is 3.47. The summed E-state index contributed by atoms with van der Waals surface area (Å²) in [4.78, 5) is 30.9. The van der Waals surface area contributed by atoms with Crippen molar-refractivity contribution in [1.82, 2.24) is 4.98 Å². The number of amides is 1. The number of carbonyl (C=O) groups is 2. The quantitative estimate of drug-likeness (QED) is 0.556. The SMILES string of the molecule is CC(=O)N(c1nc(COC(=O)c2ccc3c(c2)CCO3)cs1)c1ccc(C)cc1C. The van der Waals surface area contributed by atoms with Gasteiger partial charge in [0, 0.05) is 18.7 Å². The van der Waals surface area contributed by atoms with E-state index in [-0.39, 0.29) is 12.5 Å². The van der Waals surface area contributed by atoms with E-state index in [1.807, 2.05) is 38.1 Å². The van der Waals surface area contributed by atoms with Crippen molar-refractivity contribution in [1.29, 1.82) is 0 Å². The molecule has 0 atom stereocenters. The van der Waals surface area contributed by atoms with Crippen LogP contribution >= 0.6 is 11.3 Å². The highest BCUT2D eigenvalue weighted by Crippen LogP contribution is 2.32. The van der Waals surface area contributed by atoms with Crippen molar-refractivity contribution in [3.05, 3.63) is 69.7 Å². The summed E-state index contributed by atoms with van der Waals surface area (Å²) in [7, 11) is 0. The first kappa shape index (κ1) is 20.1. The van der Waals surface area contributed by atoms with E-state index in [4.69, 9.17) is 9.47 Å². The van der Waals surface area contributed by atoms with E-state index in [9.17, 15) is 9.59 Å². The van der Waals surface area contributed by atoms with Crippen molar-refractivity contribution in [2.45, 2.75) is 33.8 Å². The van der Waals surface area contributed by atoms with Crippen LogP contribution in [-0.4, -0.2) is 23.5 Å². The van der Waals surface area contributed by atoms with Crippen LogP contribution in [0.1, 0.15) is 39.7 Å². The van der Waals surface area contributed by atoms with E-state index in [1.165, 1.54) is 18.3 Å². The number of fused-ring (bicyclic) bond motifs is 1. The van der Waals surface area contributed by atoms with E-state index in [1.54, 1.807) is 22.4 Å². The Balaban J connectivity index is 1.47. The summed E-state index contributed by atoms with van der Waals surface area (Å²) < 4.78 is 10.9. The first-order valence-electron chi connectivity index (χ1n) is 9.67. The van der Waals surface area contributed by atoms with Gasteiger partial charge in [0.25, 0.3) is 0 Å². The lowest BCUT2D eigenvalue weighted by molar-refractivity contribution is -0.115. The van der Waals surface area contributed by atoms with E-state index in [2.05, 4.69) is 4.98 Å². The Bertz CT molecular complexity index is 1120. The molecule has 0 N–H and O–H groups in total. The van der Waals surface area contributed by atoms with Gasteiger partial charge in [0.2, 0.25) is 5.91 Å². The van der Waals surface area contributed by atoms with Gasteiger partial charge in [-0.1, -0.05) is 17.7 Å². The van der Waals surface area contributed by atoms with Gasteiger partial charge in [0.15, 0.2) is 5.13 Å².